The average Bonchev–Trinajstić information content (AvgIpc) is 2.86. The van der Waals surface area contributed by atoms with Gasteiger partial charge in [-0.1, -0.05) is 29.8 Å². The lowest BCUT2D eigenvalue weighted by molar-refractivity contribution is -0.140. The summed E-state index contributed by atoms with van der Waals surface area (Å²) in [4.78, 5) is 22.8. The third-order valence-electron chi connectivity index (χ3n) is 3.75. The standard InChI is InChI=1S/C18H20ClN3O3/c1-12-15(8-9-17(23)20-10-18(24)25-3)13(2)22(21-12)11-14-6-4-5-7-16(14)19/h4-9H,10-11H2,1-3H3,(H,20,23)/b9-8+. The summed E-state index contributed by atoms with van der Waals surface area (Å²) >= 11 is 6.20. The van der Waals surface area contributed by atoms with Crippen molar-refractivity contribution in [2.45, 2.75) is 20.4 Å². The van der Waals surface area contributed by atoms with Crippen molar-refractivity contribution in [2.24, 2.45) is 0 Å². The molecule has 0 saturated carbocycles. The molecule has 0 saturated heterocycles. The number of amides is 1. The lowest BCUT2D eigenvalue weighted by Gasteiger charge is -2.06. The van der Waals surface area contributed by atoms with Crippen LogP contribution < -0.4 is 5.32 Å². The second-order valence-corrected chi connectivity index (χ2v) is 5.87. The van der Waals surface area contributed by atoms with Crippen molar-refractivity contribution in [3.63, 3.8) is 0 Å². The smallest absolute Gasteiger partial charge is 0.325 e. The molecule has 25 heavy (non-hydrogen) atoms. The van der Waals surface area contributed by atoms with Gasteiger partial charge in [0, 0.05) is 22.4 Å². The number of aromatic nitrogens is 2. The summed E-state index contributed by atoms with van der Waals surface area (Å²) in [5.41, 5.74) is 3.57. The minimum atomic E-state index is -0.498. The summed E-state index contributed by atoms with van der Waals surface area (Å²) in [6, 6.07) is 7.61. The van der Waals surface area contributed by atoms with Crippen molar-refractivity contribution in [1.82, 2.24) is 15.1 Å². The van der Waals surface area contributed by atoms with Crippen molar-refractivity contribution in [2.75, 3.05) is 13.7 Å². The van der Waals surface area contributed by atoms with Gasteiger partial charge in [0.2, 0.25) is 5.91 Å². The summed E-state index contributed by atoms with van der Waals surface area (Å²) in [5, 5.41) is 7.65. The van der Waals surface area contributed by atoms with Crippen LogP contribution in [0.3, 0.4) is 0 Å². The number of ether oxygens (including phenoxy) is 1. The lowest BCUT2D eigenvalue weighted by Crippen LogP contribution is -2.28. The molecule has 2 aromatic rings. The van der Waals surface area contributed by atoms with Gasteiger partial charge in [-0.2, -0.15) is 5.10 Å². The average molecular weight is 362 g/mol. The normalized spacial score (nSPS) is 10.9. The van der Waals surface area contributed by atoms with Gasteiger partial charge in [-0.15, -0.1) is 0 Å². The summed E-state index contributed by atoms with van der Waals surface area (Å²) in [6.45, 7) is 4.20. The highest BCUT2D eigenvalue weighted by Gasteiger charge is 2.11. The quantitative estimate of drug-likeness (QED) is 0.633. The first-order chi connectivity index (χ1) is 11.9. The maximum atomic E-state index is 11.8. The van der Waals surface area contributed by atoms with E-state index in [4.69, 9.17) is 11.6 Å². The van der Waals surface area contributed by atoms with Crippen LogP contribution in [0.15, 0.2) is 30.3 Å². The second kappa shape index (κ2) is 8.48. The second-order valence-electron chi connectivity index (χ2n) is 5.46. The Bertz CT molecular complexity index is 812. The van der Waals surface area contributed by atoms with Crippen LogP contribution in [0.4, 0.5) is 0 Å². The number of benzene rings is 1. The minimum absolute atomic E-state index is 0.163. The number of hydrogen-bond acceptors (Lipinski definition) is 4. The van der Waals surface area contributed by atoms with Crippen LogP contribution in [-0.4, -0.2) is 35.3 Å². The summed E-state index contributed by atoms with van der Waals surface area (Å²) in [5.74, 6) is -0.871. The highest BCUT2D eigenvalue weighted by molar-refractivity contribution is 6.31. The molecule has 1 amide bonds. The molecule has 0 spiro atoms. The van der Waals surface area contributed by atoms with E-state index in [1.807, 2.05) is 42.8 Å². The monoisotopic (exact) mass is 361 g/mol. The van der Waals surface area contributed by atoms with Crippen molar-refractivity contribution in [1.29, 1.82) is 0 Å². The molecule has 0 unspecified atom stereocenters. The highest BCUT2D eigenvalue weighted by Crippen LogP contribution is 2.20. The van der Waals surface area contributed by atoms with Gasteiger partial charge in [-0.25, -0.2) is 0 Å². The van der Waals surface area contributed by atoms with E-state index < -0.39 is 5.97 Å². The predicted molar refractivity (Wildman–Crippen MR) is 96.3 cm³/mol. The third-order valence-corrected chi connectivity index (χ3v) is 4.12. The van der Waals surface area contributed by atoms with Crippen LogP contribution in [-0.2, 0) is 20.9 Å². The molecule has 0 fully saturated rings. The number of nitrogens with zero attached hydrogens (tertiary/aromatic N) is 2. The summed E-state index contributed by atoms with van der Waals surface area (Å²) < 4.78 is 6.32. The number of esters is 1. The molecule has 1 aromatic heterocycles. The number of rotatable bonds is 6. The molecular weight excluding hydrogens is 342 g/mol. The molecule has 7 heteroatoms. The van der Waals surface area contributed by atoms with Crippen molar-refractivity contribution in [3.8, 4) is 0 Å². The van der Waals surface area contributed by atoms with Gasteiger partial charge in [0.05, 0.1) is 19.3 Å². The molecule has 0 aliphatic rings. The number of carbonyl (C=O) groups excluding carboxylic acids is 2. The van der Waals surface area contributed by atoms with Crippen molar-refractivity contribution >= 4 is 29.6 Å². The Kier molecular flexibility index (Phi) is 6.36. The van der Waals surface area contributed by atoms with Crippen molar-refractivity contribution in [3.05, 3.63) is 57.9 Å². The molecule has 1 heterocycles. The number of methoxy groups -OCH3 is 1. The molecule has 1 N–H and O–H groups in total. The lowest BCUT2D eigenvalue weighted by atomic mass is 10.1. The minimum Gasteiger partial charge on any atom is -0.468 e. The van der Waals surface area contributed by atoms with E-state index in [0.29, 0.717) is 11.6 Å². The number of carbonyl (C=O) groups is 2. The molecule has 132 valence electrons. The topological polar surface area (TPSA) is 73.2 Å². The number of aryl methyl sites for hydroxylation is 1. The molecular formula is C18H20ClN3O3. The molecule has 6 nitrogen and oxygen atoms in total. The molecule has 1 aromatic carbocycles. The molecule has 0 bridgehead atoms. The molecule has 0 aliphatic carbocycles. The molecule has 0 aliphatic heterocycles. The molecule has 0 atom stereocenters. The van der Waals surface area contributed by atoms with Crippen LogP contribution in [0.5, 0.6) is 0 Å². The maximum Gasteiger partial charge on any atom is 0.325 e. The number of nitrogens with one attached hydrogen (secondary N) is 1. The Morgan fingerprint density at radius 2 is 2.04 bits per heavy atom. The van der Waals surface area contributed by atoms with Gasteiger partial charge in [0.25, 0.3) is 0 Å². The molecule has 0 radical (unpaired) electrons. The summed E-state index contributed by atoms with van der Waals surface area (Å²) in [6.07, 6.45) is 3.06. The maximum absolute atomic E-state index is 11.8. The van der Waals surface area contributed by atoms with Crippen LogP contribution in [0, 0.1) is 13.8 Å². The van der Waals surface area contributed by atoms with Gasteiger partial charge in [-0.05, 0) is 31.6 Å². The first kappa shape index (κ1) is 18.7. The SMILES string of the molecule is COC(=O)CNC(=O)/C=C/c1c(C)nn(Cc2ccccc2Cl)c1C. The van der Waals surface area contributed by atoms with Gasteiger partial charge in [-0.3, -0.25) is 14.3 Å². The fraction of sp³-hybridized carbons (Fsp3) is 0.278. The van der Waals surface area contributed by atoms with Crippen molar-refractivity contribution < 1.29 is 14.3 Å². The van der Waals surface area contributed by atoms with E-state index in [0.717, 1.165) is 22.5 Å². The number of hydrogen-bond donors (Lipinski definition) is 1. The predicted octanol–water partition coefficient (Wildman–Crippen LogP) is 2.50. The Morgan fingerprint density at radius 1 is 1.32 bits per heavy atom. The first-order valence-electron chi connectivity index (χ1n) is 7.72. The zero-order valence-corrected chi connectivity index (χ0v) is 15.1. The zero-order chi connectivity index (χ0) is 18.4. The van der Waals surface area contributed by atoms with E-state index in [2.05, 4.69) is 15.2 Å². The van der Waals surface area contributed by atoms with E-state index in [1.165, 1.54) is 13.2 Å². The Morgan fingerprint density at radius 3 is 2.72 bits per heavy atom. The number of halogens is 1. The Labute approximate surface area is 151 Å². The van der Waals surface area contributed by atoms with Crippen LogP contribution >= 0.6 is 11.6 Å². The highest BCUT2D eigenvalue weighted by atomic mass is 35.5. The van der Waals surface area contributed by atoms with Crippen LogP contribution in [0.25, 0.3) is 6.08 Å². The fourth-order valence-corrected chi connectivity index (χ4v) is 2.54. The zero-order valence-electron chi connectivity index (χ0n) is 14.4. The van der Waals surface area contributed by atoms with E-state index in [-0.39, 0.29) is 12.5 Å². The fourth-order valence-electron chi connectivity index (χ4n) is 2.34. The van der Waals surface area contributed by atoms with Gasteiger partial charge in [0.15, 0.2) is 0 Å². The van der Waals surface area contributed by atoms with E-state index >= 15 is 0 Å². The van der Waals surface area contributed by atoms with Crippen LogP contribution in [0.1, 0.15) is 22.5 Å². The molecule has 2 rings (SSSR count). The Balaban J connectivity index is 2.11. The third kappa shape index (κ3) is 4.93. The largest absolute Gasteiger partial charge is 0.468 e. The first-order valence-corrected chi connectivity index (χ1v) is 8.10. The van der Waals surface area contributed by atoms with Crippen LogP contribution in [0.2, 0.25) is 5.02 Å². The Hall–Kier alpha value is -2.60. The van der Waals surface area contributed by atoms with E-state index in [9.17, 15) is 9.59 Å². The van der Waals surface area contributed by atoms with Gasteiger partial charge >= 0.3 is 5.97 Å². The summed E-state index contributed by atoms with van der Waals surface area (Å²) in [7, 11) is 1.27. The van der Waals surface area contributed by atoms with Gasteiger partial charge in [0.1, 0.15) is 6.54 Å². The van der Waals surface area contributed by atoms with E-state index in [1.54, 1.807) is 6.08 Å². The van der Waals surface area contributed by atoms with Gasteiger partial charge < -0.3 is 10.1 Å².